The summed E-state index contributed by atoms with van der Waals surface area (Å²) in [5.74, 6) is 2.30. The Labute approximate surface area is 104 Å². The maximum absolute atomic E-state index is 6.06. The number of hydrogen-bond acceptors (Lipinski definition) is 3. The molecular formula is C13H24N4. The highest BCUT2D eigenvalue weighted by Crippen LogP contribution is 2.21. The van der Waals surface area contributed by atoms with E-state index in [4.69, 9.17) is 5.73 Å². The average Bonchev–Trinajstić information content (AvgIpc) is 2.69. The zero-order chi connectivity index (χ0) is 12.4. The zero-order valence-corrected chi connectivity index (χ0v) is 11.1. The Kier molecular flexibility index (Phi) is 3.72. The SMILES string of the molecule is CC(C)Cn1ccnc1N1CCC(N)C(C)C1. The minimum Gasteiger partial charge on any atom is -0.342 e. The van der Waals surface area contributed by atoms with Gasteiger partial charge in [-0.05, 0) is 18.3 Å². The summed E-state index contributed by atoms with van der Waals surface area (Å²) in [6.07, 6.45) is 5.04. The van der Waals surface area contributed by atoms with E-state index in [-0.39, 0.29) is 0 Å². The Balaban J connectivity index is 2.09. The molecule has 0 amide bonds. The second-order valence-corrected chi connectivity index (χ2v) is 5.65. The molecule has 2 N–H and O–H groups in total. The molecule has 1 aromatic heterocycles. The number of rotatable bonds is 3. The molecule has 17 heavy (non-hydrogen) atoms. The van der Waals surface area contributed by atoms with E-state index in [1.165, 1.54) is 0 Å². The quantitative estimate of drug-likeness (QED) is 0.869. The van der Waals surface area contributed by atoms with Crippen LogP contribution in [0.5, 0.6) is 0 Å². The summed E-state index contributed by atoms with van der Waals surface area (Å²) in [5.41, 5.74) is 6.06. The predicted octanol–water partition coefficient (Wildman–Crippen LogP) is 1.71. The van der Waals surface area contributed by atoms with Crippen molar-refractivity contribution in [1.82, 2.24) is 9.55 Å². The average molecular weight is 236 g/mol. The van der Waals surface area contributed by atoms with Gasteiger partial charge in [0.05, 0.1) is 0 Å². The molecule has 4 nitrogen and oxygen atoms in total. The summed E-state index contributed by atoms with van der Waals surface area (Å²) in [5, 5.41) is 0. The van der Waals surface area contributed by atoms with Crippen LogP contribution in [0.2, 0.25) is 0 Å². The Morgan fingerprint density at radius 3 is 2.94 bits per heavy atom. The molecule has 0 spiro atoms. The second-order valence-electron chi connectivity index (χ2n) is 5.65. The molecule has 2 rings (SSSR count). The molecule has 1 aliphatic heterocycles. The Morgan fingerprint density at radius 2 is 2.29 bits per heavy atom. The predicted molar refractivity (Wildman–Crippen MR) is 71.0 cm³/mol. The number of nitrogens with zero attached hydrogens (tertiary/aromatic N) is 3. The third-order valence-electron chi connectivity index (χ3n) is 3.51. The molecule has 0 aromatic carbocycles. The van der Waals surface area contributed by atoms with Crippen molar-refractivity contribution in [2.75, 3.05) is 18.0 Å². The zero-order valence-electron chi connectivity index (χ0n) is 11.1. The Bertz CT molecular complexity index is 358. The highest BCUT2D eigenvalue weighted by atomic mass is 15.3. The fraction of sp³-hybridized carbons (Fsp3) is 0.769. The first-order chi connectivity index (χ1) is 8.08. The lowest BCUT2D eigenvalue weighted by atomic mass is 9.95. The van der Waals surface area contributed by atoms with Crippen molar-refractivity contribution >= 4 is 5.95 Å². The van der Waals surface area contributed by atoms with Gasteiger partial charge >= 0.3 is 0 Å². The third-order valence-corrected chi connectivity index (χ3v) is 3.51. The summed E-state index contributed by atoms with van der Waals surface area (Å²) in [6.45, 7) is 9.78. The number of aromatic nitrogens is 2. The second kappa shape index (κ2) is 5.08. The first-order valence-corrected chi connectivity index (χ1v) is 6.59. The smallest absolute Gasteiger partial charge is 0.205 e. The summed E-state index contributed by atoms with van der Waals surface area (Å²) in [6, 6.07) is 0.347. The van der Waals surface area contributed by atoms with Crippen LogP contribution < -0.4 is 10.6 Å². The van der Waals surface area contributed by atoms with E-state index in [1.54, 1.807) is 0 Å². The summed E-state index contributed by atoms with van der Waals surface area (Å²) >= 11 is 0. The highest BCUT2D eigenvalue weighted by Gasteiger charge is 2.25. The summed E-state index contributed by atoms with van der Waals surface area (Å²) in [4.78, 5) is 6.87. The monoisotopic (exact) mass is 236 g/mol. The molecule has 1 aliphatic rings. The van der Waals surface area contributed by atoms with E-state index in [0.29, 0.717) is 17.9 Å². The van der Waals surface area contributed by atoms with Crippen molar-refractivity contribution in [2.24, 2.45) is 17.6 Å². The fourth-order valence-corrected chi connectivity index (χ4v) is 2.47. The number of piperidine rings is 1. The van der Waals surface area contributed by atoms with Crippen LogP contribution in [0.4, 0.5) is 5.95 Å². The van der Waals surface area contributed by atoms with Crippen LogP contribution in [0.15, 0.2) is 12.4 Å². The van der Waals surface area contributed by atoms with Crippen LogP contribution in [-0.4, -0.2) is 28.7 Å². The minimum absolute atomic E-state index is 0.347. The normalized spacial score (nSPS) is 25.6. The molecule has 96 valence electrons. The van der Waals surface area contributed by atoms with Crippen LogP contribution in [0.3, 0.4) is 0 Å². The largest absolute Gasteiger partial charge is 0.342 e. The Morgan fingerprint density at radius 1 is 1.53 bits per heavy atom. The molecule has 0 radical (unpaired) electrons. The van der Waals surface area contributed by atoms with Crippen molar-refractivity contribution in [3.8, 4) is 0 Å². The van der Waals surface area contributed by atoms with Gasteiger partial charge in [0.1, 0.15) is 0 Å². The first-order valence-electron chi connectivity index (χ1n) is 6.59. The van der Waals surface area contributed by atoms with Crippen molar-refractivity contribution in [2.45, 2.75) is 39.8 Å². The molecule has 1 aromatic rings. The van der Waals surface area contributed by atoms with Crippen LogP contribution in [0.25, 0.3) is 0 Å². The molecule has 0 bridgehead atoms. The number of nitrogens with two attached hydrogens (primary N) is 1. The van der Waals surface area contributed by atoms with E-state index in [2.05, 4.69) is 41.4 Å². The van der Waals surface area contributed by atoms with Gasteiger partial charge in [0.25, 0.3) is 0 Å². The number of anilines is 1. The Hall–Kier alpha value is -1.03. The molecule has 1 fully saturated rings. The van der Waals surface area contributed by atoms with Crippen LogP contribution in [-0.2, 0) is 6.54 Å². The molecule has 0 saturated carbocycles. The molecule has 2 atom stereocenters. The molecule has 2 heterocycles. The number of hydrogen-bond donors (Lipinski definition) is 1. The van der Waals surface area contributed by atoms with Gasteiger partial charge in [-0.25, -0.2) is 4.98 Å². The van der Waals surface area contributed by atoms with Crippen molar-refractivity contribution in [3.05, 3.63) is 12.4 Å². The minimum atomic E-state index is 0.347. The maximum atomic E-state index is 6.06. The lowest BCUT2D eigenvalue weighted by molar-refractivity contribution is 0.375. The van der Waals surface area contributed by atoms with Crippen molar-refractivity contribution in [3.63, 3.8) is 0 Å². The third kappa shape index (κ3) is 2.80. The van der Waals surface area contributed by atoms with E-state index < -0.39 is 0 Å². The van der Waals surface area contributed by atoms with E-state index in [9.17, 15) is 0 Å². The van der Waals surface area contributed by atoms with Gasteiger partial charge in [0, 0.05) is 38.1 Å². The lowest BCUT2D eigenvalue weighted by Gasteiger charge is -2.36. The molecule has 2 unspecified atom stereocenters. The molecule has 1 saturated heterocycles. The number of imidazole rings is 1. The molecule has 4 heteroatoms. The van der Waals surface area contributed by atoms with Crippen LogP contribution >= 0.6 is 0 Å². The topological polar surface area (TPSA) is 47.1 Å². The van der Waals surface area contributed by atoms with Crippen LogP contribution in [0.1, 0.15) is 27.2 Å². The highest BCUT2D eigenvalue weighted by molar-refractivity contribution is 5.32. The van der Waals surface area contributed by atoms with E-state index in [0.717, 1.165) is 32.0 Å². The van der Waals surface area contributed by atoms with Gasteiger partial charge in [-0.1, -0.05) is 20.8 Å². The summed E-state index contributed by atoms with van der Waals surface area (Å²) in [7, 11) is 0. The first kappa shape index (κ1) is 12.4. The van der Waals surface area contributed by atoms with Gasteiger partial charge in [0.2, 0.25) is 5.95 Å². The molecular weight excluding hydrogens is 212 g/mol. The fourth-order valence-electron chi connectivity index (χ4n) is 2.47. The maximum Gasteiger partial charge on any atom is 0.205 e. The van der Waals surface area contributed by atoms with Gasteiger partial charge in [-0.15, -0.1) is 0 Å². The standard InChI is InChI=1S/C13H24N4/c1-10(2)8-17-7-5-15-13(17)16-6-4-12(14)11(3)9-16/h5,7,10-12H,4,6,8-9,14H2,1-3H3. The summed E-state index contributed by atoms with van der Waals surface area (Å²) < 4.78 is 2.26. The van der Waals surface area contributed by atoms with Gasteiger partial charge < -0.3 is 15.2 Å². The van der Waals surface area contributed by atoms with Crippen molar-refractivity contribution < 1.29 is 0 Å². The van der Waals surface area contributed by atoms with Gasteiger partial charge in [-0.3, -0.25) is 0 Å². The van der Waals surface area contributed by atoms with Crippen LogP contribution in [0, 0.1) is 11.8 Å². The van der Waals surface area contributed by atoms with Gasteiger partial charge in [0.15, 0.2) is 0 Å². The molecule has 0 aliphatic carbocycles. The lowest BCUT2D eigenvalue weighted by Crippen LogP contribution is -2.46. The van der Waals surface area contributed by atoms with E-state index in [1.807, 2.05) is 6.20 Å². The van der Waals surface area contributed by atoms with E-state index >= 15 is 0 Å². The van der Waals surface area contributed by atoms with Gasteiger partial charge in [-0.2, -0.15) is 0 Å². The van der Waals surface area contributed by atoms with Crippen molar-refractivity contribution in [1.29, 1.82) is 0 Å².